The van der Waals surface area contributed by atoms with E-state index in [0.29, 0.717) is 30.7 Å². The Labute approximate surface area is 207 Å². The van der Waals surface area contributed by atoms with Crippen LogP contribution in [0.5, 0.6) is 0 Å². The molecule has 0 saturated carbocycles. The van der Waals surface area contributed by atoms with Crippen LogP contribution in [0.2, 0.25) is 0 Å². The van der Waals surface area contributed by atoms with Crippen molar-refractivity contribution in [3.63, 3.8) is 0 Å². The number of fused-ring (bicyclic) bond motifs is 4. The number of anilines is 1. The first-order chi connectivity index (χ1) is 17.4. The summed E-state index contributed by atoms with van der Waals surface area (Å²) in [5.74, 6) is -2.10. The van der Waals surface area contributed by atoms with E-state index in [2.05, 4.69) is 20.5 Å². The van der Waals surface area contributed by atoms with Gasteiger partial charge in [-0.1, -0.05) is 24.3 Å². The van der Waals surface area contributed by atoms with Crippen LogP contribution in [0.4, 0.5) is 5.69 Å². The molecule has 1 atom stereocenters. The monoisotopic (exact) mass is 492 g/mol. The number of benzene rings is 2. The number of carboxylic acid groups (broad SMARTS) is 1. The highest BCUT2D eigenvalue weighted by Gasteiger charge is 2.25. The lowest BCUT2D eigenvalue weighted by Gasteiger charge is -2.15. The van der Waals surface area contributed by atoms with Gasteiger partial charge in [0, 0.05) is 6.07 Å². The quantitative estimate of drug-likeness (QED) is 0.158. The molecule has 36 heavy (non-hydrogen) atoms. The molecule has 2 aromatic carbocycles. The van der Waals surface area contributed by atoms with Gasteiger partial charge in [0.25, 0.3) is 5.52 Å². The van der Waals surface area contributed by atoms with Crippen molar-refractivity contribution in [2.45, 2.75) is 25.3 Å². The molecule has 0 spiro atoms. The molecule has 0 radical (unpaired) electrons. The number of carboxylic acids is 1. The highest BCUT2D eigenvalue weighted by molar-refractivity contribution is 6.11. The first-order valence-corrected chi connectivity index (χ1v) is 11.9. The van der Waals surface area contributed by atoms with Gasteiger partial charge in [0.2, 0.25) is 22.9 Å². The van der Waals surface area contributed by atoms with Gasteiger partial charge < -0.3 is 31.2 Å². The predicted molar refractivity (Wildman–Crippen MR) is 136 cm³/mol. The number of aliphatic carboxylic acids is 1. The molecule has 0 aliphatic heterocycles. The van der Waals surface area contributed by atoms with Crippen LogP contribution in [0, 0.1) is 0 Å². The molecule has 1 unspecified atom stereocenters. The summed E-state index contributed by atoms with van der Waals surface area (Å²) in [5, 5.41) is 19.3. The summed E-state index contributed by atoms with van der Waals surface area (Å²) >= 11 is 0. The normalized spacial score (nSPS) is 12.1. The molecular weight excluding hydrogens is 462 g/mol. The average molecular weight is 493 g/mol. The second-order valence-electron chi connectivity index (χ2n) is 8.60. The zero-order valence-electron chi connectivity index (χ0n) is 20.0. The number of furan rings is 1. The van der Waals surface area contributed by atoms with Gasteiger partial charge in [-0.15, -0.1) is 0 Å². The second-order valence-corrected chi connectivity index (χ2v) is 8.60. The fourth-order valence-corrected chi connectivity index (χ4v) is 4.34. The minimum Gasteiger partial charge on any atom is -0.480 e. The maximum absolute atomic E-state index is 12.5. The lowest BCUT2D eigenvalue weighted by molar-refractivity contribution is -0.616. The lowest BCUT2D eigenvalue weighted by Crippen LogP contribution is -2.46. The van der Waals surface area contributed by atoms with E-state index in [0.717, 1.165) is 27.4 Å². The zero-order valence-corrected chi connectivity index (χ0v) is 20.0. The topological polar surface area (TPSA) is 151 Å². The van der Waals surface area contributed by atoms with Gasteiger partial charge in [0.05, 0.1) is 29.5 Å². The van der Waals surface area contributed by atoms with Crippen molar-refractivity contribution < 1.29 is 28.5 Å². The number of nitrogens with one attached hydrogen (secondary N) is 3. The Morgan fingerprint density at radius 1 is 1.00 bits per heavy atom. The van der Waals surface area contributed by atoms with Crippen molar-refractivity contribution in [2.24, 2.45) is 12.8 Å². The van der Waals surface area contributed by atoms with E-state index in [1.54, 1.807) is 0 Å². The first-order valence-electron chi connectivity index (χ1n) is 11.9. The first kappa shape index (κ1) is 24.9. The molecular formula is C26H30N5O5+. The SMILES string of the molecule is C[n+]1c2ccccc2c(NCC(=O)NCC(=O)NC(CCCCN)C(=O)O)c2oc3ccccc3c21. The number of aromatic nitrogens is 1. The van der Waals surface area contributed by atoms with E-state index >= 15 is 0 Å². The van der Waals surface area contributed by atoms with E-state index < -0.39 is 23.8 Å². The van der Waals surface area contributed by atoms with Crippen molar-refractivity contribution >= 4 is 56.4 Å². The number of nitrogens with two attached hydrogens (primary N) is 1. The number of para-hydroxylation sites is 2. The van der Waals surface area contributed by atoms with Crippen LogP contribution in [0.1, 0.15) is 19.3 Å². The van der Waals surface area contributed by atoms with Crippen LogP contribution in [0.3, 0.4) is 0 Å². The van der Waals surface area contributed by atoms with Crippen molar-refractivity contribution in [1.82, 2.24) is 10.6 Å². The van der Waals surface area contributed by atoms with Gasteiger partial charge in [-0.05, 0) is 44.0 Å². The van der Waals surface area contributed by atoms with Gasteiger partial charge in [0.15, 0.2) is 0 Å². The zero-order chi connectivity index (χ0) is 25.7. The Morgan fingerprint density at radius 2 is 1.72 bits per heavy atom. The van der Waals surface area contributed by atoms with E-state index in [4.69, 9.17) is 10.2 Å². The lowest BCUT2D eigenvalue weighted by atomic mass is 10.1. The Balaban J connectivity index is 1.47. The third kappa shape index (κ3) is 5.23. The minimum absolute atomic E-state index is 0.101. The molecule has 4 aromatic rings. The van der Waals surface area contributed by atoms with E-state index in [1.165, 1.54) is 0 Å². The van der Waals surface area contributed by atoms with Gasteiger partial charge >= 0.3 is 5.97 Å². The maximum atomic E-state index is 12.5. The number of hydrogen-bond donors (Lipinski definition) is 5. The van der Waals surface area contributed by atoms with Crippen molar-refractivity contribution in [2.75, 3.05) is 25.0 Å². The molecule has 2 heterocycles. The number of nitrogens with zero attached hydrogens (tertiary/aromatic N) is 1. The molecule has 4 rings (SSSR count). The highest BCUT2D eigenvalue weighted by atomic mass is 16.4. The molecule has 0 bridgehead atoms. The molecule has 10 heteroatoms. The number of pyridine rings is 1. The van der Waals surface area contributed by atoms with Crippen molar-refractivity contribution in [1.29, 1.82) is 0 Å². The Hall–Kier alpha value is -4.18. The summed E-state index contributed by atoms with van der Waals surface area (Å²) in [6.45, 7) is 0.0281. The summed E-state index contributed by atoms with van der Waals surface area (Å²) in [5.41, 5.74) is 9.35. The van der Waals surface area contributed by atoms with Crippen LogP contribution < -0.4 is 26.3 Å². The Kier molecular flexibility index (Phi) is 7.65. The van der Waals surface area contributed by atoms with Gasteiger partial charge in [-0.25, -0.2) is 4.79 Å². The van der Waals surface area contributed by atoms with Gasteiger partial charge in [-0.3, -0.25) is 9.59 Å². The molecule has 2 aromatic heterocycles. The number of amides is 2. The van der Waals surface area contributed by atoms with E-state index in [9.17, 15) is 19.5 Å². The summed E-state index contributed by atoms with van der Waals surface area (Å²) in [4.78, 5) is 36.1. The molecule has 0 aliphatic rings. The molecule has 0 saturated heterocycles. The molecule has 0 aliphatic carbocycles. The predicted octanol–water partition coefficient (Wildman–Crippen LogP) is 1.79. The minimum atomic E-state index is -1.12. The van der Waals surface area contributed by atoms with E-state index in [1.807, 2.05) is 55.6 Å². The summed E-state index contributed by atoms with van der Waals surface area (Å²) < 4.78 is 8.23. The third-order valence-electron chi connectivity index (χ3n) is 6.12. The number of rotatable bonds is 11. The molecule has 2 amide bonds. The van der Waals surface area contributed by atoms with Crippen LogP contribution in [0.25, 0.3) is 33.0 Å². The molecule has 0 fully saturated rings. The number of hydrogen-bond acceptors (Lipinski definition) is 6. The summed E-state index contributed by atoms with van der Waals surface area (Å²) in [7, 11) is 1.97. The third-order valence-corrected chi connectivity index (χ3v) is 6.12. The molecule has 188 valence electrons. The highest BCUT2D eigenvalue weighted by Crippen LogP contribution is 2.35. The molecule has 10 nitrogen and oxygen atoms in total. The van der Waals surface area contributed by atoms with Gasteiger partial charge in [-0.2, -0.15) is 4.57 Å². The number of aryl methyl sites for hydroxylation is 1. The Morgan fingerprint density at radius 3 is 2.47 bits per heavy atom. The fraction of sp³-hybridized carbons (Fsp3) is 0.308. The van der Waals surface area contributed by atoms with Crippen molar-refractivity contribution in [3.8, 4) is 0 Å². The second kappa shape index (κ2) is 11.0. The van der Waals surface area contributed by atoms with Crippen molar-refractivity contribution in [3.05, 3.63) is 48.5 Å². The number of carbonyl (C=O) groups is 3. The van der Waals surface area contributed by atoms with Crippen LogP contribution in [0.15, 0.2) is 52.9 Å². The fourth-order valence-electron chi connectivity index (χ4n) is 4.34. The standard InChI is InChI=1S/C26H29N5O5/c1-31-19-11-4-2-8-16(19)23(25-24(31)17-9-3-5-12-20(17)36-25)29-14-21(32)28-15-22(33)30-18(26(34)35)10-6-7-13-27/h2-5,8-9,11-12,18H,6-7,10,13-15,27H2,1H3,(H3,28,30,32,33,34,35)/p+1. The smallest absolute Gasteiger partial charge is 0.326 e. The maximum Gasteiger partial charge on any atom is 0.326 e. The summed E-state index contributed by atoms with van der Waals surface area (Å²) in [6.07, 6.45) is 1.54. The summed E-state index contributed by atoms with van der Waals surface area (Å²) in [6, 6.07) is 14.5. The van der Waals surface area contributed by atoms with E-state index in [-0.39, 0.29) is 19.5 Å². The average Bonchev–Trinajstić information content (AvgIpc) is 3.26. The molecule has 6 N–H and O–H groups in total. The van der Waals surface area contributed by atoms with Crippen LogP contribution >= 0.6 is 0 Å². The Bertz CT molecular complexity index is 1430. The van der Waals surface area contributed by atoms with Crippen LogP contribution in [-0.4, -0.2) is 48.6 Å². The van der Waals surface area contributed by atoms with Gasteiger partial charge in [0.1, 0.15) is 18.7 Å². The number of carbonyl (C=O) groups excluding carboxylic acids is 2. The van der Waals surface area contributed by atoms with Crippen LogP contribution in [-0.2, 0) is 21.4 Å². The largest absolute Gasteiger partial charge is 0.480 e. The number of unbranched alkanes of at least 4 members (excludes halogenated alkanes) is 1.